The van der Waals surface area contributed by atoms with E-state index in [0.29, 0.717) is 28.7 Å². The van der Waals surface area contributed by atoms with Gasteiger partial charge in [-0.05, 0) is 65.4 Å². The number of hydrogen-bond donors (Lipinski definition) is 1. The average molecular weight is 493 g/mol. The van der Waals surface area contributed by atoms with E-state index in [1.807, 2.05) is 13.0 Å². The average Bonchev–Trinajstić information content (AvgIpc) is 2.56. The fourth-order valence-electron chi connectivity index (χ4n) is 2.00. The molecule has 0 bridgehead atoms. The molecule has 0 aromatic heterocycles. The molecular weight excluding hydrogens is 478 g/mol. The molecule has 0 saturated heterocycles. The number of rotatable bonds is 6. The number of nitrogens with zero attached hydrogens (tertiary/aromatic N) is 1. The van der Waals surface area contributed by atoms with E-state index in [0.717, 1.165) is 9.13 Å². The summed E-state index contributed by atoms with van der Waals surface area (Å²) in [4.78, 5) is 12.1. The van der Waals surface area contributed by atoms with Crippen molar-refractivity contribution in [2.75, 3.05) is 13.7 Å². The minimum absolute atomic E-state index is 0.262. The zero-order valence-corrected chi connectivity index (χ0v) is 17.1. The highest BCUT2D eigenvalue weighted by molar-refractivity contribution is 14.1. The second kappa shape index (κ2) is 9.26. The third kappa shape index (κ3) is 5.23. The van der Waals surface area contributed by atoms with Crippen LogP contribution >= 0.6 is 45.8 Å². The molecule has 0 aliphatic rings. The maximum atomic E-state index is 12.1. The second-order valence-electron chi connectivity index (χ2n) is 4.79. The maximum absolute atomic E-state index is 12.1. The van der Waals surface area contributed by atoms with Crippen LogP contribution in [0.5, 0.6) is 11.5 Å². The van der Waals surface area contributed by atoms with E-state index < -0.39 is 5.91 Å². The van der Waals surface area contributed by atoms with Gasteiger partial charge in [0.15, 0.2) is 11.5 Å². The van der Waals surface area contributed by atoms with Gasteiger partial charge in [0, 0.05) is 5.02 Å². The van der Waals surface area contributed by atoms with Crippen LogP contribution in [0.1, 0.15) is 22.8 Å². The standard InChI is InChI=1S/C17H15Cl2IN2O3/c1-3-25-16-14(20)6-10(7-15(16)24-2)9-21-22-17(23)12-5-4-11(18)8-13(12)19/h4-9H,3H2,1-2H3,(H,22,23). The molecule has 2 aromatic carbocycles. The number of carbonyl (C=O) groups is 1. The Bertz CT molecular complexity index is 813. The molecule has 0 atom stereocenters. The highest BCUT2D eigenvalue weighted by atomic mass is 127. The molecule has 1 N–H and O–H groups in total. The lowest BCUT2D eigenvalue weighted by Gasteiger charge is -2.12. The molecule has 0 spiro atoms. The summed E-state index contributed by atoms with van der Waals surface area (Å²) in [5.74, 6) is 0.854. The topological polar surface area (TPSA) is 59.9 Å². The van der Waals surface area contributed by atoms with Crippen molar-refractivity contribution in [1.82, 2.24) is 5.43 Å². The highest BCUT2D eigenvalue weighted by Crippen LogP contribution is 2.33. The molecular formula is C17H15Cl2IN2O3. The van der Waals surface area contributed by atoms with Crippen LogP contribution < -0.4 is 14.9 Å². The summed E-state index contributed by atoms with van der Waals surface area (Å²) in [5, 5.41) is 4.68. The summed E-state index contributed by atoms with van der Waals surface area (Å²) in [6.07, 6.45) is 1.52. The number of ether oxygens (including phenoxy) is 2. The van der Waals surface area contributed by atoms with Crippen molar-refractivity contribution in [2.45, 2.75) is 6.92 Å². The van der Waals surface area contributed by atoms with E-state index >= 15 is 0 Å². The number of benzene rings is 2. The summed E-state index contributed by atoms with van der Waals surface area (Å²) < 4.78 is 11.8. The predicted molar refractivity (Wildman–Crippen MR) is 108 cm³/mol. The molecule has 132 valence electrons. The quantitative estimate of drug-likeness (QED) is 0.359. The molecule has 1 amide bonds. The van der Waals surface area contributed by atoms with Crippen molar-refractivity contribution in [3.8, 4) is 11.5 Å². The summed E-state index contributed by atoms with van der Waals surface area (Å²) in [7, 11) is 1.57. The van der Waals surface area contributed by atoms with Crippen LogP contribution in [0, 0.1) is 3.57 Å². The fraction of sp³-hybridized carbons (Fsp3) is 0.176. The molecule has 0 heterocycles. The zero-order valence-electron chi connectivity index (χ0n) is 13.5. The number of nitrogens with one attached hydrogen (secondary N) is 1. The summed E-state index contributed by atoms with van der Waals surface area (Å²) >= 11 is 14.0. The molecule has 25 heavy (non-hydrogen) atoms. The van der Waals surface area contributed by atoms with Gasteiger partial charge in [0.25, 0.3) is 5.91 Å². The summed E-state index contributed by atoms with van der Waals surface area (Å²) in [6, 6.07) is 8.28. The number of carbonyl (C=O) groups excluding carboxylic acids is 1. The van der Waals surface area contributed by atoms with Crippen LogP contribution in [-0.4, -0.2) is 25.8 Å². The van der Waals surface area contributed by atoms with Crippen LogP contribution in [0.25, 0.3) is 0 Å². The first-order valence-corrected chi connectivity index (χ1v) is 9.08. The Kier molecular flexibility index (Phi) is 7.34. The van der Waals surface area contributed by atoms with Crippen LogP contribution in [0.2, 0.25) is 10.0 Å². The third-order valence-electron chi connectivity index (χ3n) is 3.10. The molecule has 0 radical (unpaired) electrons. The fourth-order valence-corrected chi connectivity index (χ4v) is 3.27. The minimum atomic E-state index is -0.425. The lowest BCUT2D eigenvalue weighted by atomic mass is 10.2. The number of hydrazone groups is 1. The van der Waals surface area contributed by atoms with Gasteiger partial charge >= 0.3 is 0 Å². The van der Waals surface area contributed by atoms with Crippen molar-refractivity contribution in [3.63, 3.8) is 0 Å². The van der Waals surface area contributed by atoms with Crippen LogP contribution in [-0.2, 0) is 0 Å². The SMILES string of the molecule is CCOc1c(I)cc(C=NNC(=O)c2ccc(Cl)cc2Cl)cc1OC. The normalized spacial score (nSPS) is 10.8. The van der Waals surface area contributed by atoms with Crippen molar-refractivity contribution < 1.29 is 14.3 Å². The van der Waals surface area contributed by atoms with Gasteiger partial charge < -0.3 is 9.47 Å². The molecule has 2 aromatic rings. The molecule has 0 fully saturated rings. The first-order chi connectivity index (χ1) is 12.0. The molecule has 0 unspecified atom stereocenters. The van der Waals surface area contributed by atoms with E-state index in [2.05, 4.69) is 33.1 Å². The van der Waals surface area contributed by atoms with Gasteiger partial charge in [-0.3, -0.25) is 4.79 Å². The monoisotopic (exact) mass is 492 g/mol. The Balaban J connectivity index is 2.14. The van der Waals surface area contributed by atoms with Gasteiger partial charge in [0.1, 0.15) is 0 Å². The summed E-state index contributed by atoms with van der Waals surface area (Å²) in [6.45, 7) is 2.44. The molecule has 2 rings (SSSR count). The van der Waals surface area contributed by atoms with Gasteiger partial charge in [0.05, 0.1) is 34.1 Å². The van der Waals surface area contributed by atoms with Crippen molar-refractivity contribution in [1.29, 1.82) is 0 Å². The minimum Gasteiger partial charge on any atom is -0.493 e. The van der Waals surface area contributed by atoms with Crippen molar-refractivity contribution in [3.05, 3.63) is 55.1 Å². The molecule has 0 aliphatic heterocycles. The predicted octanol–water partition coefficient (Wildman–Crippen LogP) is 4.77. The Morgan fingerprint density at radius 2 is 2.08 bits per heavy atom. The number of halogens is 3. The van der Waals surface area contributed by atoms with Crippen LogP contribution in [0.4, 0.5) is 0 Å². The van der Waals surface area contributed by atoms with Gasteiger partial charge in [0.2, 0.25) is 0 Å². The van der Waals surface area contributed by atoms with Gasteiger partial charge in [-0.1, -0.05) is 23.2 Å². The van der Waals surface area contributed by atoms with Crippen LogP contribution in [0.3, 0.4) is 0 Å². The lowest BCUT2D eigenvalue weighted by molar-refractivity contribution is 0.0955. The van der Waals surface area contributed by atoms with E-state index in [-0.39, 0.29) is 5.02 Å². The Morgan fingerprint density at radius 1 is 1.32 bits per heavy atom. The number of amides is 1. The second-order valence-corrected chi connectivity index (χ2v) is 6.80. The molecule has 0 aliphatic carbocycles. The Labute approximate surface area is 169 Å². The van der Waals surface area contributed by atoms with Crippen LogP contribution in [0.15, 0.2) is 35.4 Å². The molecule has 8 heteroatoms. The summed E-state index contributed by atoms with van der Waals surface area (Å²) in [5.41, 5.74) is 3.48. The first-order valence-electron chi connectivity index (χ1n) is 7.25. The smallest absolute Gasteiger partial charge is 0.272 e. The van der Waals surface area contributed by atoms with E-state index in [1.54, 1.807) is 25.3 Å². The Hall–Kier alpha value is -1.51. The third-order valence-corrected chi connectivity index (χ3v) is 4.45. The van der Waals surface area contributed by atoms with Gasteiger partial charge in [-0.2, -0.15) is 5.10 Å². The first kappa shape index (κ1) is 19.8. The van der Waals surface area contributed by atoms with Crippen molar-refractivity contribution >= 4 is 57.9 Å². The Morgan fingerprint density at radius 3 is 2.72 bits per heavy atom. The van der Waals surface area contributed by atoms with E-state index in [1.165, 1.54) is 12.3 Å². The number of methoxy groups -OCH3 is 1. The van der Waals surface area contributed by atoms with E-state index in [4.69, 9.17) is 32.7 Å². The maximum Gasteiger partial charge on any atom is 0.272 e. The zero-order chi connectivity index (χ0) is 18.4. The lowest BCUT2D eigenvalue weighted by Crippen LogP contribution is -2.18. The van der Waals surface area contributed by atoms with Gasteiger partial charge in [-0.15, -0.1) is 0 Å². The molecule has 0 saturated carbocycles. The van der Waals surface area contributed by atoms with Crippen molar-refractivity contribution in [2.24, 2.45) is 5.10 Å². The molecule has 5 nitrogen and oxygen atoms in total. The van der Waals surface area contributed by atoms with E-state index in [9.17, 15) is 4.79 Å². The highest BCUT2D eigenvalue weighted by Gasteiger charge is 2.11. The number of hydrogen-bond acceptors (Lipinski definition) is 4. The van der Waals surface area contributed by atoms with Gasteiger partial charge in [-0.25, -0.2) is 5.43 Å². The largest absolute Gasteiger partial charge is 0.493 e.